The molecule has 0 atom stereocenters. The van der Waals surface area contributed by atoms with Crippen LogP contribution in [0, 0.1) is 5.82 Å². The quantitative estimate of drug-likeness (QED) is 0.293. The average molecular weight is 502 g/mol. The Morgan fingerprint density at radius 2 is 2.00 bits per heavy atom. The molecule has 6 nitrogen and oxygen atoms in total. The number of rotatable bonds is 9. The zero-order valence-corrected chi connectivity index (χ0v) is 19.0. The van der Waals surface area contributed by atoms with Crippen LogP contribution in [0.25, 0.3) is 0 Å². The van der Waals surface area contributed by atoms with Gasteiger partial charge in [0.25, 0.3) is 0 Å². The van der Waals surface area contributed by atoms with E-state index in [1.807, 2.05) is 0 Å². The van der Waals surface area contributed by atoms with Crippen LogP contribution in [0.15, 0.2) is 54.2 Å². The number of allylic oxidation sites excluding steroid dienone is 1. The molecule has 31 heavy (non-hydrogen) atoms. The molecule has 0 aliphatic rings. The Bertz CT molecular complexity index is 1110. The van der Waals surface area contributed by atoms with Crippen LogP contribution in [-0.4, -0.2) is 26.4 Å². The average Bonchev–Trinajstić information content (AvgIpc) is 3.10. The maximum absolute atomic E-state index is 13.2. The van der Waals surface area contributed by atoms with Gasteiger partial charge in [0.05, 0.1) is 21.5 Å². The summed E-state index contributed by atoms with van der Waals surface area (Å²) in [5.41, 5.74) is 0.428. The van der Waals surface area contributed by atoms with Gasteiger partial charge in [-0.25, -0.2) is 4.39 Å². The van der Waals surface area contributed by atoms with Crippen molar-refractivity contribution in [1.29, 1.82) is 0 Å². The first kappa shape index (κ1) is 23.4. The molecule has 1 N–H and O–H groups in total. The van der Waals surface area contributed by atoms with Crippen LogP contribution in [0.3, 0.4) is 0 Å². The second-order valence-electron chi connectivity index (χ2n) is 6.12. The molecule has 0 fully saturated rings. The number of hydrogen-bond donors (Lipinski definition) is 1. The molecule has 0 saturated heterocycles. The van der Waals surface area contributed by atoms with E-state index in [2.05, 4.69) is 22.1 Å². The molecule has 3 aromatic rings. The zero-order chi connectivity index (χ0) is 22.4. The standard InChI is InChI=1S/C20H16Cl3FN4O2S/c1-2-7-28-18(10-30-17-6-4-13(24)9-15(17)23)26-27-20(28)31-11-19(29)25-16-8-12(21)3-5-14(16)22/h2-6,8-9H,1,7,10-11H2,(H,25,29). The van der Waals surface area contributed by atoms with Gasteiger partial charge in [-0.3, -0.25) is 9.36 Å². The van der Waals surface area contributed by atoms with Crippen molar-refractivity contribution in [3.05, 3.63) is 75.8 Å². The predicted octanol–water partition coefficient (Wildman–Crippen LogP) is 5.87. The Balaban J connectivity index is 1.64. The molecule has 11 heteroatoms. The van der Waals surface area contributed by atoms with Gasteiger partial charge in [0.2, 0.25) is 5.91 Å². The lowest BCUT2D eigenvalue weighted by Crippen LogP contribution is -2.15. The minimum Gasteiger partial charge on any atom is -0.484 e. The summed E-state index contributed by atoms with van der Waals surface area (Å²) >= 11 is 19.2. The van der Waals surface area contributed by atoms with Gasteiger partial charge < -0.3 is 10.1 Å². The van der Waals surface area contributed by atoms with Gasteiger partial charge >= 0.3 is 0 Å². The van der Waals surface area contributed by atoms with Crippen molar-refractivity contribution in [1.82, 2.24) is 14.8 Å². The Hall–Kier alpha value is -2.26. The fourth-order valence-corrected chi connectivity index (χ4v) is 3.81. The minimum absolute atomic E-state index is 0.0526. The molecule has 0 bridgehead atoms. The molecule has 0 unspecified atom stereocenters. The summed E-state index contributed by atoms with van der Waals surface area (Å²) in [5, 5.41) is 12.5. The molecule has 1 aromatic heterocycles. The first-order valence-electron chi connectivity index (χ1n) is 8.86. The van der Waals surface area contributed by atoms with Crippen molar-refractivity contribution >= 4 is 58.2 Å². The molecule has 162 valence electrons. The number of thioether (sulfide) groups is 1. The topological polar surface area (TPSA) is 69.0 Å². The SMILES string of the molecule is C=CCn1c(COc2ccc(F)cc2Cl)nnc1SCC(=O)Nc1cc(Cl)ccc1Cl. The first-order chi connectivity index (χ1) is 14.9. The predicted molar refractivity (Wildman–Crippen MR) is 122 cm³/mol. The van der Waals surface area contributed by atoms with E-state index in [-0.39, 0.29) is 23.3 Å². The van der Waals surface area contributed by atoms with Crippen LogP contribution in [-0.2, 0) is 17.9 Å². The number of nitrogens with one attached hydrogen (secondary N) is 1. The Morgan fingerprint density at radius 3 is 2.74 bits per heavy atom. The number of benzene rings is 2. The van der Waals surface area contributed by atoms with E-state index in [1.54, 1.807) is 28.8 Å². The van der Waals surface area contributed by atoms with E-state index in [9.17, 15) is 9.18 Å². The van der Waals surface area contributed by atoms with Crippen molar-refractivity contribution in [3.8, 4) is 5.75 Å². The van der Waals surface area contributed by atoms with Crippen molar-refractivity contribution < 1.29 is 13.9 Å². The number of nitrogens with zero attached hydrogens (tertiary/aromatic N) is 3. The molecule has 0 radical (unpaired) electrons. The van der Waals surface area contributed by atoms with E-state index in [0.29, 0.717) is 39.0 Å². The molecule has 2 aromatic carbocycles. The number of amides is 1. The minimum atomic E-state index is -0.455. The first-order valence-corrected chi connectivity index (χ1v) is 11.0. The van der Waals surface area contributed by atoms with Gasteiger partial charge in [-0.1, -0.05) is 52.6 Å². The number of hydrogen-bond acceptors (Lipinski definition) is 5. The Labute approximate surface area is 197 Å². The maximum atomic E-state index is 13.2. The van der Waals surface area contributed by atoms with E-state index >= 15 is 0 Å². The third-order valence-corrected chi connectivity index (χ3v) is 5.72. The summed E-state index contributed by atoms with van der Waals surface area (Å²) in [6.45, 7) is 4.20. The molecule has 3 rings (SSSR count). The van der Waals surface area contributed by atoms with Gasteiger partial charge in [-0.15, -0.1) is 16.8 Å². The van der Waals surface area contributed by atoms with E-state index < -0.39 is 5.82 Å². The number of anilines is 1. The van der Waals surface area contributed by atoms with Crippen LogP contribution < -0.4 is 10.1 Å². The number of aromatic nitrogens is 3. The lowest BCUT2D eigenvalue weighted by molar-refractivity contribution is -0.113. The van der Waals surface area contributed by atoms with Crippen molar-refractivity contribution in [2.75, 3.05) is 11.1 Å². The monoisotopic (exact) mass is 500 g/mol. The molecule has 0 saturated carbocycles. The van der Waals surface area contributed by atoms with Crippen LogP contribution in [0.1, 0.15) is 5.82 Å². The molecule has 1 heterocycles. The summed E-state index contributed by atoms with van der Waals surface area (Å²) in [6, 6.07) is 8.66. The number of carbonyl (C=O) groups excluding carboxylic acids is 1. The highest BCUT2D eigenvalue weighted by Crippen LogP contribution is 2.27. The van der Waals surface area contributed by atoms with E-state index in [0.717, 1.165) is 6.07 Å². The Kier molecular flexibility index (Phi) is 8.20. The van der Waals surface area contributed by atoms with Crippen molar-refractivity contribution in [3.63, 3.8) is 0 Å². The number of carbonyl (C=O) groups is 1. The van der Waals surface area contributed by atoms with Crippen LogP contribution in [0.5, 0.6) is 5.75 Å². The number of ether oxygens (including phenoxy) is 1. The molecular weight excluding hydrogens is 486 g/mol. The lowest BCUT2D eigenvalue weighted by Gasteiger charge is -2.10. The Morgan fingerprint density at radius 1 is 1.19 bits per heavy atom. The van der Waals surface area contributed by atoms with Crippen LogP contribution in [0.4, 0.5) is 10.1 Å². The molecule has 0 aliphatic carbocycles. The van der Waals surface area contributed by atoms with Gasteiger partial charge in [-0.2, -0.15) is 0 Å². The number of halogens is 4. The zero-order valence-electron chi connectivity index (χ0n) is 15.9. The molecule has 0 spiro atoms. The fourth-order valence-electron chi connectivity index (χ4n) is 2.49. The summed E-state index contributed by atoms with van der Waals surface area (Å²) in [7, 11) is 0. The smallest absolute Gasteiger partial charge is 0.234 e. The molecule has 0 aliphatic heterocycles. The fraction of sp³-hybridized carbons (Fsp3) is 0.150. The highest BCUT2D eigenvalue weighted by molar-refractivity contribution is 7.99. The lowest BCUT2D eigenvalue weighted by atomic mass is 10.3. The highest BCUT2D eigenvalue weighted by atomic mass is 35.5. The van der Waals surface area contributed by atoms with Crippen LogP contribution in [0.2, 0.25) is 15.1 Å². The van der Waals surface area contributed by atoms with E-state index in [4.69, 9.17) is 39.5 Å². The van der Waals surface area contributed by atoms with E-state index in [1.165, 1.54) is 23.9 Å². The summed E-state index contributed by atoms with van der Waals surface area (Å²) < 4.78 is 20.6. The third kappa shape index (κ3) is 6.36. The highest BCUT2D eigenvalue weighted by Gasteiger charge is 2.15. The van der Waals surface area contributed by atoms with Gasteiger partial charge in [0, 0.05) is 11.6 Å². The molecular formula is C20H16Cl3FN4O2S. The van der Waals surface area contributed by atoms with Crippen molar-refractivity contribution in [2.24, 2.45) is 0 Å². The third-order valence-electron chi connectivity index (χ3n) is 3.89. The second kappa shape index (κ2) is 10.9. The normalized spacial score (nSPS) is 10.7. The summed E-state index contributed by atoms with van der Waals surface area (Å²) in [5.74, 6) is 0.161. The summed E-state index contributed by atoms with van der Waals surface area (Å²) in [6.07, 6.45) is 1.67. The summed E-state index contributed by atoms with van der Waals surface area (Å²) in [4.78, 5) is 12.3. The largest absolute Gasteiger partial charge is 0.484 e. The van der Waals surface area contributed by atoms with Crippen molar-refractivity contribution in [2.45, 2.75) is 18.3 Å². The van der Waals surface area contributed by atoms with Crippen LogP contribution >= 0.6 is 46.6 Å². The second-order valence-corrected chi connectivity index (χ2v) is 8.32. The van der Waals surface area contributed by atoms with Gasteiger partial charge in [0.1, 0.15) is 18.2 Å². The maximum Gasteiger partial charge on any atom is 0.234 e. The van der Waals surface area contributed by atoms with Gasteiger partial charge in [0.15, 0.2) is 11.0 Å². The molecule has 1 amide bonds. The van der Waals surface area contributed by atoms with Gasteiger partial charge in [-0.05, 0) is 36.4 Å².